The zero-order valence-electron chi connectivity index (χ0n) is 17.4. The molecule has 1 fully saturated rings. The maximum absolute atomic E-state index is 12.4. The number of benzene rings is 1. The number of hydrogen-bond donors (Lipinski definition) is 1. The van der Waals surface area contributed by atoms with Gasteiger partial charge >= 0.3 is 0 Å². The second kappa shape index (κ2) is 8.50. The Morgan fingerprint density at radius 1 is 1.27 bits per heavy atom. The molecule has 4 rings (SSSR count). The van der Waals surface area contributed by atoms with Crippen molar-refractivity contribution in [3.8, 4) is 0 Å². The standard InChI is InChI=1S/C21H25N7O2/c1-15-5-4-6-16(11-15)13-22-24-21-23-19(27-7-9-30-10-8-27)18-12-17(14-28(18)25-21)20(29)26(2)3/h4-6,11-14H,7-10H2,1-3H3,(H,24,25)/b22-13+. The summed E-state index contributed by atoms with van der Waals surface area (Å²) in [6, 6.07) is 9.87. The van der Waals surface area contributed by atoms with Gasteiger partial charge in [-0.15, -0.1) is 5.10 Å². The zero-order valence-corrected chi connectivity index (χ0v) is 17.4. The van der Waals surface area contributed by atoms with Gasteiger partial charge < -0.3 is 14.5 Å². The first-order valence-electron chi connectivity index (χ1n) is 9.82. The fourth-order valence-corrected chi connectivity index (χ4v) is 3.33. The molecule has 0 aliphatic carbocycles. The Bertz CT molecular complexity index is 1080. The monoisotopic (exact) mass is 407 g/mol. The highest BCUT2D eigenvalue weighted by atomic mass is 16.5. The van der Waals surface area contributed by atoms with Crippen molar-refractivity contribution in [1.29, 1.82) is 0 Å². The van der Waals surface area contributed by atoms with Crippen molar-refractivity contribution < 1.29 is 9.53 Å². The molecule has 1 aliphatic rings. The average Bonchev–Trinajstić information content (AvgIpc) is 3.17. The molecule has 30 heavy (non-hydrogen) atoms. The van der Waals surface area contributed by atoms with Gasteiger partial charge in [0.15, 0.2) is 5.82 Å². The van der Waals surface area contributed by atoms with E-state index in [9.17, 15) is 4.79 Å². The van der Waals surface area contributed by atoms with Gasteiger partial charge in [-0.05, 0) is 18.6 Å². The van der Waals surface area contributed by atoms with Crippen LogP contribution >= 0.6 is 0 Å². The van der Waals surface area contributed by atoms with E-state index in [2.05, 4.69) is 25.5 Å². The number of nitrogens with one attached hydrogen (secondary N) is 1. The summed E-state index contributed by atoms with van der Waals surface area (Å²) >= 11 is 0. The highest BCUT2D eigenvalue weighted by Gasteiger charge is 2.20. The normalized spacial score (nSPS) is 14.4. The van der Waals surface area contributed by atoms with Crippen LogP contribution < -0.4 is 10.3 Å². The predicted molar refractivity (Wildman–Crippen MR) is 116 cm³/mol. The number of aryl methyl sites for hydroxylation is 1. The molecule has 2 aromatic heterocycles. The van der Waals surface area contributed by atoms with Crippen molar-refractivity contribution in [2.24, 2.45) is 5.10 Å². The van der Waals surface area contributed by atoms with E-state index in [1.54, 1.807) is 35.9 Å². The van der Waals surface area contributed by atoms with Gasteiger partial charge in [-0.2, -0.15) is 10.1 Å². The molecule has 1 aliphatic heterocycles. The number of morpholine rings is 1. The number of amides is 1. The minimum absolute atomic E-state index is 0.0830. The first kappa shape index (κ1) is 19.8. The van der Waals surface area contributed by atoms with Gasteiger partial charge in [0.1, 0.15) is 5.52 Å². The molecule has 9 nitrogen and oxygen atoms in total. The minimum Gasteiger partial charge on any atom is -0.378 e. The lowest BCUT2D eigenvalue weighted by Gasteiger charge is -2.28. The van der Waals surface area contributed by atoms with Gasteiger partial charge in [-0.25, -0.2) is 9.94 Å². The topological polar surface area (TPSA) is 87.4 Å². The Balaban J connectivity index is 1.68. The molecule has 1 N–H and O–H groups in total. The lowest BCUT2D eigenvalue weighted by Crippen LogP contribution is -2.37. The molecule has 0 saturated carbocycles. The van der Waals surface area contributed by atoms with Crippen molar-refractivity contribution in [2.75, 3.05) is 50.7 Å². The van der Waals surface area contributed by atoms with Crippen LogP contribution in [0.3, 0.4) is 0 Å². The Morgan fingerprint density at radius 3 is 2.80 bits per heavy atom. The maximum atomic E-state index is 12.4. The zero-order chi connectivity index (χ0) is 21.1. The number of hydrogen-bond acceptors (Lipinski definition) is 7. The van der Waals surface area contributed by atoms with Crippen molar-refractivity contribution in [3.63, 3.8) is 0 Å². The molecule has 3 aromatic rings. The summed E-state index contributed by atoms with van der Waals surface area (Å²) in [5.74, 6) is 1.02. The molecule has 1 saturated heterocycles. The van der Waals surface area contributed by atoms with Crippen LogP contribution in [0.25, 0.3) is 5.52 Å². The van der Waals surface area contributed by atoms with Crippen LogP contribution in [0.2, 0.25) is 0 Å². The number of aromatic nitrogens is 3. The number of carbonyl (C=O) groups excluding carboxylic acids is 1. The second-order valence-electron chi connectivity index (χ2n) is 7.40. The molecule has 9 heteroatoms. The van der Waals surface area contributed by atoms with E-state index < -0.39 is 0 Å². The van der Waals surface area contributed by atoms with Gasteiger partial charge in [-0.3, -0.25) is 4.79 Å². The second-order valence-corrected chi connectivity index (χ2v) is 7.40. The predicted octanol–water partition coefficient (Wildman–Crippen LogP) is 2.02. The van der Waals surface area contributed by atoms with Gasteiger partial charge in [0, 0.05) is 33.4 Å². The third-order valence-electron chi connectivity index (χ3n) is 4.83. The maximum Gasteiger partial charge on any atom is 0.263 e. The average molecular weight is 407 g/mol. The van der Waals surface area contributed by atoms with Crippen LogP contribution in [-0.2, 0) is 4.74 Å². The molecule has 3 heterocycles. The Labute approximate surface area is 175 Å². The largest absolute Gasteiger partial charge is 0.378 e. The summed E-state index contributed by atoms with van der Waals surface area (Å²) in [5, 5.41) is 8.78. The molecular formula is C21H25N7O2. The fraction of sp³-hybridized carbons (Fsp3) is 0.333. The number of rotatable bonds is 5. The summed E-state index contributed by atoms with van der Waals surface area (Å²) in [6.07, 6.45) is 3.45. The van der Waals surface area contributed by atoms with E-state index in [0.717, 1.165) is 35.6 Å². The van der Waals surface area contributed by atoms with Gasteiger partial charge in [0.2, 0.25) is 0 Å². The molecule has 0 atom stereocenters. The molecule has 0 unspecified atom stereocenters. The summed E-state index contributed by atoms with van der Waals surface area (Å²) in [5.41, 5.74) is 6.40. The summed E-state index contributed by atoms with van der Waals surface area (Å²) in [4.78, 5) is 20.8. The summed E-state index contributed by atoms with van der Waals surface area (Å²) < 4.78 is 7.15. The number of anilines is 2. The molecule has 0 spiro atoms. The third kappa shape index (κ3) is 4.25. The first-order valence-corrected chi connectivity index (χ1v) is 9.82. The van der Waals surface area contributed by atoms with E-state index in [-0.39, 0.29) is 5.91 Å². The highest BCUT2D eigenvalue weighted by molar-refractivity contribution is 5.96. The molecule has 1 aromatic carbocycles. The quantitative estimate of drug-likeness (QED) is 0.514. The van der Waals surface area contributed by atoms with Crippen LogP contribution in [0.15, 0.2) is 41.6 Å². The van der Waals surface area contributed by atoms with Crippen molar-refractivity contribution in [2.45, 2.75) is 6.92 Å². The van der Waals surface area contributed by atoms with Crippen molar-refractivity contribution in [3.05, 3.63) is 53.2 Å². The molecule has 0 radical (unpaired) electrons. The number of hydrazone groups is 1. The van der Waals surface area contributed by atoms with Crippen LogP contribution in [0.1, 0.15) is 21.5 Å². The van der Waals surface area contributed by atoms with Gasteiger partial charge in [0.25, 0.3) is 11.9 Å². The Morgan fingerprint density at radius 2 is 2.07 bits per heavy atom. The minimum atomic E-state index is -0.0830. The highest BCUT2D eigenvalue weighted by Crippen LogP contribution is 2.24. The first-order chi connectivity index (χ1) is 14.5. The van der Waals surface area contributed by atoms with E-state index in [0.29, 0.717) is 24.7 Å². The molecule has 156 valence electrons. The van der Waals surface area contributed by atoms with Gasteiger partial charge in [0.05, 0.1) is 25.0 Å². The van der Waals surface area contributed by atoms with E-state index in [4.69, 9.17) is 4.74 Å². The number of fused-ring (bicyclic) bond motifs is 1. The third-order valence-corrected chi connectivity index (χ3v) is 4.83. The van der Waals surface area contributed by atoms with Crippen LogP contribution in [0.4, 0.5) is 11.8 Å². The smallest absolute Gasteiger partial charge is 0.263 e. The van der Waals surface area contributed by atoms with Crippen LogP contribution in [-0.4, -0.2) is 72.0 Å². The van der Waals surface area contributed by atoms with Gasteiger partial charge in [-0.1, -0.05) is 29.8 Å². The van der Waals surface area contributed by atoms with Crippen molar-refractivity contribution in [1.82, 2.24) is 19.5 Å². The Hall–Kier alpha value is -3.46. The molecular weight excluding hydrogens is 382 g/mol. The summed E-state index contributed by atoms with van der Waals surface area (Å²) in [6.45, 7) is 4.75. The summed E-state index contributed by atoms with van der Waals surface area (Å²) in [7, 11) is 3.46. The fourth-order valence-electron chi connectivity index (χ4n) is 3.33. The van der Waals surface area contributed by atoms with E-state index in [1.165, 1.54) is 0 Å². The number of carbonyl (C=O) groups is 1. The number of ether oxygens (including phenoxy) is 1. The lowest BCUT2D eigenvalue weighted by molar-refractivity contribution is 0.0827. The Kier molecular flexibility index (Phi) is 5.62. The molecule has 0 bridgehead atoms. The van der Waals surface area contributed by atoms with Crippen molar-refractivity contribution >= 4 is 29.4 Å². The van der Waals surface area contributed by atoms with Crippen LogP contribution in [0, 0.1) is 6.92 Å². The van der Waals surface area contributed by atoms with E-state index in [1.807, 2.05) is 37.3 Å². The van der Waals surface area contributed by atoms with E-state index >= 15 is 0 Å². The SMILES string of the molecule is Cc1cccc(/C=N/Nc2nc(N3CCOCC3)c3cc(C(=O)N(C)C)cn3n2)c1. The lowest BCUT2D eigenvalue weighted by atomic mass is 10.2. The van der Waals surface area contributed by atoms with Crippen LogP contribution in [0.5, 0.6) is 0 Å². The number of nitrogens with zero attached hydrogens (tertiary/aromatic N) is 6. The molecule has 1 amide bonds.